The zero-order valence-corrected chi connectivity index (χ0v) is 15.0. The molecule has 2 N–H and O–H groups in total. The lowest BCUT2D eigenvalue weighted by molar-refractivity contribution is 0.101. The van der Waals surface area contributed by atoms with Crippen LogP contribution in [0.3, 0.4) is 0 Å². The van der Waals surface area contributed by atoms with Gasteiger partial charge in [-0.1, -0.05) is 24.3 Å². The Morgan fingerprint density at radius 1 is 0.963 bits per heavy atom. The second-order valence-corrected chi connectivity index (χ2v) is 5.85. The first kappa shape index (κ1) is 18.1. The van der Waals surface area contributed by atoms with Gasteiger partial charge in [-0.3, -0.25) is 9.59 Å². The Hall–Kier alpha value is -3.67. The van der Waals surface area contributed by atoms with E-state index in [9.17, 15) is 9.59 Å². The van der Waals surface area contributed by atoms with Crippen molar-refractivity contribution in [1.29, 1.82) is 0 Å². The quantitative estimate of drug-likeness (QED) is 0.640. The Morgan fingerprint density at radius 2 is 1.78 bits per heavy atom. The highest BCUT2D eigenvalue weighted by Crippen LogP contribution is 2.21. The number of aromatic nitrogens is 1. The molecule has 1 amide bonds. The molecule has 3 aromatic rings. The summed E-state index contributed by atoms with van der Waals surface area (Å²) in [4.78, 5) is 28.2. The summed E-state index contributed by atoms with van der Waals surface area (Å²) in [5.74, 6) is 0.836. The summed E-state index contributed by atoms with van der Waals surface area (Å²) in [7, 11) is 1.52. The monoisotopic (exact) mass is 361 g/mol. The minimum absolute atomic E-state index is 0.000935. The number of anilines is 3. The molecular weight excluding hydrogens is 342 g/mol. The highest BCUT2D eigenvalue weighted by Gasteiger charge is 2.11. The molecule has 0 radical (unpaired) electrons. The van der Waals surface area contributed by atoms with E-state index in [-0.39, 0.29) is 11.7 Å². The van der Waals surface area contributed by atoms with Crippen LogP contribution in [0, 0.1) is 0 Å². The van der Waals surface area contributed by atoms with Crippen LogP contribution < -0.4 is 15.4 Å². The van der Waals surface area contributed by atoms with Crippen LogP contribution in [-0.2, 0) is 0 Å². The van der Waals surface area contributed by atoms with Gasteiger partial charge in [0, 0.05) is 11.3 Å². The zero-order valence-electron chi connectivity index (χ0n) is 15.0. The molecule has 0 aliphatic rings. The van der Waals surface area contributed by atoms with E-state index in [1.54, 1.807) is 60.8 Å². The van der Waals surface area contributed by atoms with Crippen molar-refractivity contribution < 1.29 is 14.3 Å². The second-order valence-electron chi connectivity index (χ2n) is 5.85. The summed E-state index contributed by atoms with van der Waals surface area (Å²) in [5.41, 5.74) is 2.40. The van der Waals surface area contributed by atoms with Gasteiger partial charge in [-0.05, 0) is 43.3 Å². The fourth-order valence-corrected chi connectivity index (χ4v) is 2.54. The van der Waals surface area contributed by atoms with E-state index in [2.05, 4.69) is 15.6 Å². The number of ether oxygens (including phenoxy) is 1. The van der Waals surface area contributed by atoms with E-state index in [0.29, 0.717) is 28.4 Å². The Labute approximate surface area is 157 Å². The Kier molecular flexibility index (Phi) is 5.47. The molecule has 6 heteroatoms. The SMILES string of the molecule is COc1ccccc1C(=O)Nc1ccc(Nc2cccc(C(C)=O)c2)nc1. The predicted molar refractivity (Wildman–Crippen MR) is 105 cm³/mol. The van der Waals surface area contributed by atoms with Gasteiger partial charge in [-0.25, -0.2) is 4.98 Å². The van der Waals surface area contributed by atoms with Crippen LogP contribution in [0.5, 0.6) is 5.75 Å². The Balaban J connectivity index is 1.69. The third-order valence-corrected chi connectivity index (χ3v) is 3.91. The van der Waals surface area contributed by atoms with Crippen LogP contribution in [0.4, 0.5) is 17.2 Å². The molecular formula is C21H19N3O3. The van der Waals surface area contributed by atoms with Crippen molar-refractivity contribution in [1.82, 2.24) is 4.98 Å². The van der Waals surface area contributed by atoms with E-state index >= 15 is 0 Å². The van der Waals surface area contributed by atoms with Crippen molar-refractivity contribution in [3.05, 3.63) is 78.0 Å². The molecule has 0 aliphatic carbocycles. The van der Waals surface area contributed by atoms with Gasteiger partial charge in [0.25, 0.3) is 5.91 Å². The van der Waals surface area contributed by atoms with E-state index in [4.69, 9.17) is 4.74 Å². The van der Waals surface area contributed by atoms with E-state index in [0.717, 1.165) is 5.69 Å². The second kappa shape index (κ2) is 8.14. The molecule has 2 aromatic carbocycles. The van der Waals surface area contributed by atoms with Gasteiger partial charge >= 0.3 is 0 Å². The molecule has 1 aromatic heterocycles. The summed E-state index contributed by atoms with van der Waals surface area (Å²) in [6.07, 6.45) is 1.56. The number of amides is 1. The van der Waals surface area contributed by atoms with Crippen LogP contribution >= 0.6 is 0 Å². The minimum atomic E-state index is -0.274. The molecule has 136 valence electrons. The number of methoxy groups -OCH3 is 1. The molecule has 0 aliphatic heterocycles. The minimum Gasteiger partial charge on any atom is -0.496 e. The number of nitrogens with one attached hydrogen (secondary N) is 2. The third-order valence-electron chi connectivity index (χ3n) is 3.91. The molecule has 0 fully saturated rings. The van der Waals surface area contributed by atoms with Gasteiger partial charge in [0.1, 0.15) is 11.6 Å². The number of para-hydroxylation sites is 1. The number of nitrogens with zero attached hydrogens (tertiary/aromatic N) is 1. The highest BCUT2D eigenvalue weighted by molar-refractivity contribution is 6.06. The molecule has 0 saturated carbocycles. The van der Waals surface area contributed by atoms with Crippen LogP contribution in [0.25, 0.3) is 0 Å². The molecule has 0 atom stereocenters. The molecule has 0 saturated heterocycles. The maximum absolute atomic E-state index is 12.4. The van der Waals surface area contributed by atoms with E-state index in [1.165, 1.54) is 14.0 Å². The molecule has 0 unspecified atom stereocenters. The highest BCUT2D eigenvalue weighted by atomic mass is 16.5. The van der Waals surface area contributed by atoms with Crippen molar-refractivity contribution in [3.8, 4) is 5.75 Å². The fraction of sp³-hybridized carbons (Fsp3) is 0.0952. The molecule has 3 rings (SSSR count). The predicted octanol–water partition coefficient (Wildman–Crippen LogP) is 4.29. The average Bonchev–Trinajstić information content (AvgIpc) is 2.69. The lowest BCUT2D eigenvalue weighted by Gasteiger charge is -2.10. The number of pyridine rings is 1. The van der Waals surface area contributed by atoms with Crippen LogP contribution in [0.15, 0.2) is 66.9 Å². The van der Waals surface area contributed by atoms with Gasteiger partial charge < -0.3 is 15.4 Å². The number of rotatable bonds is 6. The average molecular weight is 361 g/mol. The van der Waals surface area contributed by atoms with E-state index < -0.39 is 0 Å². The summed E-state index contributed by atoms with van der Waals surface area (Å²) >= 11 is 0. The smallest absolute Gasteiger partial charge is 0.259 e. The van der Waals surface area contributed by atoms with Crippen molar-refractivity contribution in [3.63, 3.8) is 0 Å². The summed E-state index contributed by atoms with van der Waals surface area (Å²) < 4.78 is 5.21. The van der Waals surface area contributed by atoms with Crippen molar-refractivity contribution in [2.75, 3.05) is 17.7 Å². The Morgan fingerprint density at radius 3 is 2.48 bits per heavy atom. The topological polar surface area (TPSA) is 80.3 Å². The maximum atomic E-state index is 12.4. The number of ketones is 1. The van der Waals surface area contributed by atoms with Gasteiger partial charge in [-0.15, -0.1) is 0 Å². The van der Waals surface area contributed by atoms with Gasteiger partial charge in [-0.2, -0.15) is 0 Å². The summed E-state index contributed by atoms with van der Waals surface area (Å²) in [6, 6.07) is 17.7. The Bertz CT molecular complexity index is 968. The maximum Gasteiger partial charge on any atom is 0.259 e. The largest absolute Gasteiger partial charge is 0.496 e. The zero-order chi connectivity index (χ0) is 19.2. The lowest BCUT2D eigenvalue weighted by atomic mass is 10.1. The number of benzene rings is 2. The number of Topliss-reactive ketones (excluding diaryl/α,β-unsaturated/α-hetero) is 1. The fourth-order valence-electron chi connectivity index (χ4n) is 2.54. The molecule has 6 nitrogen and oxygen atoms in total. The summed E-state index contributed by atoms with van der Waals surface area (Å²) in [5, 5.41) is 5.93. The number of carbonyl (C=O) groups is 2. The molecule has 1 heterocycles. The van der Waals surface area contributed by atoms with Gasteiger partial charge in [0.2, 0.25) is 0 Å². The molecule has 0 spiro atoms. The first-order valence-corrected chi connectivity index (χ1v) is 8.35. The third kappa shape index (κ3) is 4.49. The van der Waals surface area contributed by atoms with E-state index in [1.807, 2.05) is 6.07 Å². The van der Waals surface area contributed by atoms with Crippen LogP contribution in [-0.4, -0.2) is 23.8 Å². The number of carbonyl (C=O) groups excluding carboxylic acids is 2. The normalized spacial score (nSPS) is 10.1. The number of hydrogen-bond donors (Lipinski definition) is 2. The van der Waals surface area contributed by atoms with Gasteiger partial charge in [0.05, 0.1) is 24.6 Å². The standard InChI is InChI=1S/C21H19N3O3/c1-14(25)15-6-5-7-16(12-15)23-20-11-10-17(13-22-20)24-21(26)18-8-3-4-9-19(18)27-2/h3-13H,1-2H3,(H,22,23)(H,24,26). The molecule has 27 heavy (non-hydrogen) atoms. The van der Waals surface area contributed by atoms with Crippen LogP contribution in [0.1, 0.15) is 27.6 Å². The first-order chi connectivity index (χ1) is 13.1. The molecule has 0 bridgehead atoms. The lowest BCUT2D eigenvalue weighted by Crippen LogP contribution is -2.13. The van der Waals surface area contributed by atoms with Gasteiger partial charge in [0.15, 0.2) is 5.78 Å². The first-order valence-electron chi connectivity index (χ1n) is 8.35. The summed E-state index contributed by atoms with van der Waals surface area (Å²) in [6.45, 7) is 1.52. The number of hydrogen-bond acceptors (Lipinski definition) is 5. The van der Waals surface area contributed by atoms with Crippen molar-refractivity contribution >= 4 is 28.9 Å². The van der Waals surface area contributed by atoms with Crippen molar-refractivity contribution in [2.24, 2.45) is 0 Å². The van der Waals surface area contributed by atoms with Crippen molar-refractivity contribution in [2.45, 2.75) is 6.92 Å². The van der Waals surface area contributed by atoms with Crippen LogP contribution in [0.2, 0.25) is 0 Å².